The molecular weight excluding hydrogens is 236 g/mol. The van der Waals surface area contributed by atoms with Crippen LogP contribution in [0.1, 0.15) is 29.8 Å². The van der Waals surface area contributed by atoms with E-state index < -0.39 is 0 Å². The highest BCUT2D eigenvalue weighted by Gasteiger charge is 2.12. The average Bonchev–Trinajstić information content (AvgIpc) is 2.44. The molecule has 3 heteroatoms. The van der Waals surface area contributed by atoms with Crippen molar-refractivity contribution in [1.82, 2.24) is 10.3 Å². The molecule has 1 aromatic carbocycles. The summed E-state index contributed by atoms with van der Waals surface area (Å²) in [5, 5.41) is 3.32. The van der Waals surface area contributed by atoms with Crippen LogP contribution in [-0.4, -0.2) is 18.6 Å². The number of pyridine rings is 1. The van der Waals surface area contributed by atoms with E-state index in [0.29, 0.717) is 6.61 Å². The van der Waals surface area contributed by atoms with E-state index in [1.165, 1.54) is 5.56 Å². The molecule has 1 heterocycles. The summed E-state index contributed by atoms with van der Waals surface area (Å²) in [4.78, 5) is 4.36. The Hall–Kier alpha value is -1.87. The first-order valence-corrected chi connectivity index (χ1v) is 6.57. The third-order valence-corrected chi connectivity index (χ3v) is 3.08. The lowest BCUT2D eigenvalue weighted by molar-refractivity contribution is 0.340. The monoisotopic (exact) mass is 256 g/mol. The minimum Gasteiger partial charge on any atom is -0.494 e. The van der Waals surface area contributed by atoms with Crippen LogP contribution in [0.4, 0.5) is 0 Å². The smallest absolute Gasteiger partial charge is 0.119 e. The summed E-state index contributed by atoms with van der Waals surface area (Å²) in [5.41, 5.74) is 3.40. The molecule has 0 aliphatic carbocycles. The van der Waals surface area contributed by atoms with E-state index in [0.717, 1.165) is 17.0 Å². The molecule has 0 aliphatic rings. The summed E-state index contributed by atoms with van der Waals surface area (Å²) in [7, 11) is 1.96. The van der Waals surface area contributed by atoms with Crippen molar-refractivity contribution in [3.05, 3.63) is 59.4 Å². The van der Waals surface area contributed by atoms with Gasteiger partial charge >= 0.3 is 0 Å². The van der Waals surface area contributed by atoms with Gasteiger partial charge in [-0.25, -0.2) is 0 Å². The second kappa shape index (κ2) is 6.34. The summed E-state index contributed by atoms with van der Waals surface area (Å²) in [6.45, 7) is 4.67. The molecule has 2 rings (SSSR count). The molecule has 0 spiro atoms. The molecule has 19 heavy (non-hydrogen) atoms. The molecule has 0 fully saturated rings. The number of nitrogens with one attached hydrogen (secondary N) is 1. The molecule has 1 atom stereocenters. The van der Waals surface area contributed by atoms with Crippen molar-refractivity contribution >= 4 is 0 Å². The fourth-order valence-electron chi connectivity index (χ4n) is 2.10. The van der Waals surface area contributed by atoms with Gasteiger partial charge in [-0.2, -0.15) is 0 Å². The molecule has 0 radical (unpaired) electrons. The standard InChI is InChI=1S/C16H20N2O/c1-4-19-15-9-7-13(8-10-15)16(17-3)14-6-5-12(2)18-11-14/h5-11,16-17H,4H2,1-3H3. The molecule has 1 unspecified atom stereocenters. The average molecular weight is 256 g/mol. The maximum atomic E-state index is 5.46. The molecule has 1 N–H and O–H groups in total. The molecule has 0 aliphatic heterocycles. The van der Waals surface area contributed by atoms with Crippen LogP contribution >= 0.6 is 0 Å². The van der Waals surface area contributed by atoms with Gasteiger partial charge in [-0.1, -0.05) is 18.2 Å². The SMILES string of the molecule is CCOc1ccc(C(NC)c2ccc(C)nc2)cc1. The molecular formula is C16H20N2O. The Morgan fingerprint density at radius 2 is 1.79 bits per heavy atom. The lowest BCUT2D eigenvalue weighted by atomic mass is 10.00. The predicted molar refractivity (Wildman–Crippen MR) is 77.5 cm³/mol. The van der Waals surface area contributed by atoms with Crippen molar-refractivity contribution in [2.24, 2.45) is 0 Å². The molecule has 3 nitrogen and oxygen atoms in total. The number of hydrogen-bond donors (Lipinski definition) is 1. The van der Waals surface area contributed by atoms with Gasteiger partial charge in [0.15, 0.2) is 0 Å². The van der Waals surface area contributed by atoms with Crippen molar-refractivity contribution in [2.75, 3.05) is 13.7 Å². The highest BCUT2D eigenvalue weighted by atomic mass is 16.5. The largest absolute Gasteiger partial charge is 0.494 e. The first-order chi connectivity index (χ1) is 9.24. The van der Waals surface area contributed by atoms with E-state index in [1.54, 1.807) is 0 Å². The summed E-state index contributed by atoms with van der Waals surface area (Å²) < 4.78 is 5.46. The zero-order valence-corrected chi connectivity index (χ0v) is 11.7. The predicted octanol–water partition coefficient (Wildman–Crippen LogP) is 3.10. The van der Waals surface area contributed by atoms with Gasteiger partial charge < -0.3 is 10.1 Å². The fraction of sp³-hybridized carbons (Fsp3) is 0.312. The molecule has 100 valence electrons. The van der Waals surface area contributed by atoms with Gasteiger partial charge in [0, 0.05) is 11.9 Å². The molecule has 0 saturated carbocycles. The van der Waals surface area contributed by atoms with Crippen molar-refractivity contribution in [2.45, 2.75) is 19.9 Å². The van der Waals surface area contributed by atoms with E-state index in [9.17, 15) is 0 Å². The minimum absolute atomic E-state index is 0.156. The summed E-state index contributed by atoms with van der Waals surface area (Å²) in [6.07, 6.45) is 1.92. The van der Waals surface area contributed by atoms with Crippen LogP contribution < -0.4 is 10.1 Å². The highest BCUT2D eigenvalue weighted by Crippen LogP contribution is 2.23. The second-order valence-electron chi connectivity index (χ2n) is 4.46. The van der Waals surface area contributed by atoms with Gasteiger partial charge in [0.2, 0.25) is 0 Å². The Labute approximate surface area is 114 Å². The zero-order valence-electron chi connectivity index (χ0n) is 11.7. The Bertz CT molecular complexity index is 505. The zero-order chi connectivity index (χ0) is 13.7. The number of ether oxygens (including phenoxy) is 1. The number of aryl methyl sites for hydroxylation is 1. The topological polar surface area (TPSA) is 34.1 Å². The van der Waals surface area contributed by atoms with Crippen LogP contribution in [0, 0.1) is 6.92 Å². The van der Waals surface area contributed by atoms with Crippen LogP contribution in [-0.2, 0) is 0 Å². The third kappa shape index (κ3) is 3.32. The Balaban J connectivity index is 2.23. The number of benzene rings is 1. The van der Waals surface area contributed by atoms with E-state index in [2.05, 4.69) is 28.5 Å². The first-order valence-electron chi connectivity index (χ1n) is 6.57. The summed E-state index contributed by atoms with van der Waals surface area (Å²) in [6, 6.07) is 12.5. The Kier molecular flexibility index (Phi) is 4.53. The van der Waals surface area contributed by atoms with Crippen LogP contribution in [0.25, 0.3) is 0 Å². The van der Waals surface area contributed by atoms with E-state index >= 15 is 0 Å². The van der Waals surface area contributed by atoms with Gasteiger partial charge in [-0.05, 0) is 50.2 Å². The number of nitrogens with zero attached hydrogens (tertiary/aromatic N) is 1. The van der Waals surface area contributed by atoms with Crippen LogP contribution in [0.3, 0.4) is 0 Å². The van der Waals surface area contributed by atoms with Gasteiger partial charge in [-0.3, -0.25) is 4.98 Å². The fourth-order valence-corrected chi connectivity index (χ4v) is 2.10. The van der Waals surface area contributed by atoms with Crippen molar-refractivity contribution in [3.8, 4) is 5.75 Å². The summed E-state index contributed by atoms with van der Waals surface area (Å²) in [5.74, 6) is 0.906. The number of hydrogen-bond acceptors (Lipinski definition) is 3. The van der Waals surface area contributed by atoms with Crippen molar-refractivity contribution in [1.29, 1.82) is 0 Å². The minimum atomic E-state index is 0.156. The maximum absolute atomic E-state index is 5.46. The van der Waals surface area contributed by atoms with Crippen LogP contribution in [0.15, 0.2) is 42.6 Å². The Morgan fingerprint density at radius 1 is 1.11 bits per heavy atom. The highest BCUT2D eigenvalue weighted by molar-refractivity contribution is 5.34. The van der Waals surface area contributed by atoms with Crippen molar-refractivity contribution < 1.29 is 4.74 Å². The number of rotatable bonds is 5. The third-order valence-electron chi connectivity index (χ3n) is 3.08. The van der Waals surface area contributed by atoms with Crippen molar-refractivity contribution in [3.63, 3.8) is 0 Å². The Morgan fingerprint density at radius 3 is 2.32 bits per heavy atom. The number of aromatic nitrogens is 1. The molecule has 0 saturated heterocycles. The van der Waals surface area contributed by atoms with E-state index in [-0.39, 0.29) is 6.04 Å². The van der Waals surface area contributed by atoms with E-state index in [4.69, 9.17) is 4.74 Å². The molecule has 2 aromatic rings. The normalized spacial score (nSPS) is 12.2. The van der Waals surface area contributed by atoms with Crippen LogP contribution in [0.2, 0.25) is 0 Å². The quantitative estimate of drug-likeness (QED) is 0.892. The van der Waals surface area contributed by atoms with Gasteiger partial charge in [0.05, 0.1) is 12.6 Å². The second-order valence-corrected chi connectivity index (χ2v) is 4.46. The van der Waals surface area contributed by atoms with Gasteiger partial charge in [-0.15, -0.1) is 0 Å². The molecule has 0 amide bonds. The lowest BCUT2D eigenvalue weighted by Crippen LogP contribution is -2.17. The molecule has 1 aromatic heterocycles. The summed E-state index contributed by atoms with van der Waals surface area (Å²) >= 11 is 0. The van der Waals surface area contributed by atoms with Crippen LogP contribution in [0.5, 0.6) is 5.75 Å². The molecule has 0 bridgehead atoms. The van der Waals surface area contributed by atoms with Gasteiger partial charge in [0.1, 0.15) is 5.75 Å². The first kappa shape index (κ1) is 13.6. The lowest BCUT2D eigenvalue weighted by Gasteiger charge is -2.17. The van der Waals surface area contributed by atoms with E-state index in [1.807, 2.05) is 45.3 Å². The van der Waals surface area contributed by atoms with Gasteiger partial charge in [0.25, 0.3) is 0 Å². The maximum Gasteiger partial charge on any atom is 0.119 e.